The number of hydrogen-bond acceptors (Lipinski definition) is 3. The van der Waals surface area contributed by atoms with Crippen molar-refractivity contribution in [2.24, 2.45) is 0 Å². The average Bonchev–Trinajstić information content (AvgIpc) is 2.24. The second-order valence-corrected chi connectivity index (χ2v) is 3.51. The second kappa shape index (κ2) is 5.19. The van der Waals surface area contributed by atoms with E-state index < -0.39 is 41.5 Å². The van der Waals surface area contributed by atoms with Gasteiger partial charge in [-0.25, -0.2) is 4.79 Å². The summed E-state index contributed by atoms with van der Waals surface area (Å²) in [5.74, 6) is -3.81. The van der Waals surface area contributed by atoms with Crippen molar-refractivity contribution in [2.45, 2.75) is 18.6 Å². The van der Waals surface area contributed by atoms with Gasteiger partial charge < -0.3 is 14.9 Å². The predicted octanol–water partition coefficient (Wildman–Crippen LogP) is 2.72. The molecule has 0 saturated heterocycles. The Labute approximate surface area is 107 Å². The van der Waals surface area contributed by atoms with Crippen LogP contribution in [0, 0.1) is 0 Å². The molecule has 1 unspecified atom stereocenters. The zero-order valence-corrected chi connectivity index (χ0v) is 9.29. The van der Waals surface area contributed by atoms with Gasteiger partial charge in [0.15, 0.2) is 6.10 Å². The molecule has 10 heteroatoms. The highest BCUT2D eigenvalue weighted by atomic mass is 19.4. The lowest BCUT2D eigenvalue weighted by Gasteiger charge is -2.19. The summed E-state index contributed by atoms with van der Waals surface area (Å²) in [7, 11) is 0. The van der Waals surface area contributed by atoms with E-state index in [9.17, 15) is 31.1 Å². The number of aliphatic hydroxyl groups is 1. The third-order valence-electron chi connectivity index (χ3n) is 2.10. The maximum Gasteiger partial charge on any atom is 0.573 e. The van der Waals surface area contributed by atoms with Crippen LogP contribution in [0.5, 0.6) is 5.75 Å². The van der Waals surface area contributed by atoms with Crippen LogP contribution in [0.2, 0.25) is 0 Å². The summed E-state index contributed by atoms with van der Waals surface area (Å²) in [6.07, 6.45) is -13.3. The van der Waals surface area contributed by atoms with Gasteiger partial charge in [0.05, 0.1) is 5.56 Å². The fraction of sp³-hybridized carbons (Fsp3) is 0.300. The molecule has 0 spiro atoms. The Morgan fingerprint density at radius 2 is 1.70 bits per heavy atom. The molecule has 0 bridgehead atoms. The van der Waals surface area contributed by atoms with Gasteiger partial charge in [0.2, 0.25) is 0 Å². The number of alkyl halides is 6. The second-order valence-electron chi connectivity index (χ2n) is 3.51. The van der Waals surface area contributed by atoms with E-state index in [1.54, 1.807) is 0 Å². The lowest BCUT2D eigenvalue weighted by atomic mass is 10.0. The normalized spacial score (nSPS) is 13.9. The standard InChI is InChI=1S/C10H6F6O4/c11-9(12,13)5-3-1-2-4(6(17)8(18)19)7(5)20-10(14,15)16/h1-3,6,17H,(H,18,19). The summed E-state index contributed by atoms with van der Waals surface area (Å²) in [5.41, 5.74) is -2.99. The van der Waals surface area contributed by atoms with Gasteiger partial charge in [-0.1, -0.05) is 12.1 Å². The van der Waals surface area contributed by atoms with Gasteiger partial charge >= 0.3 is 18.5 Å². The molecule has 0 amide bonds. The van der Waals surface area contributed by atoms with E-state index >= 15 is 0 Å². The number of ether oxygens (including phenoxy) is 1. The van der Waals surface area contributed by atoms with E-state index in [1.807, 2.05) is 0 Å². The molecule has 0 aromatic heterocycles. The van der Waals surface area contributed by atoms with E-state index in [1.165, 1.54) is 0 Å². The Balaban J connectivity index is 3.48. The molecule has 0 fully saturated rings. The average molecular weight is 304 g/mol. The van der Waals surface area contributed by atoms with Crippen LogP contribution < -0.4 is 4.74 Å². The van der Waals surface area contributed by atoms with E-state index in [-0.39, 0.29) is 6.07 Å². The maximum atomic E-state index is 12.6. The van der Waals surface area contributed by atoms with Gasteiger partial charge in [0.25, 0.3) is 0 Å². The van der Waals surface area contributed by atoms with E-state index in [0.29, 0.717) is 12.1 Å². The minimum absolute atomic E-state index is 0.277. The molecule has 2 N–H and O–H groups in total. The van der Waals surface area contributed by atoms with Gasteiger partial charge in [-0.2, -0.15) is 13.2 Å². The summed E-state index contributed by atoms with van der Waals surface area (Å²) < 4.78 is 77.4. The Bertz CT molecular complexity index is 507. The van der Waals surface area contributed by atoms with Crippen LogP contribution in [0.25, 0.3) is 0 Å². The van der Waals surface area contributed by atoms with Crippen molar-refractivity contribution >= 4 is 5.97 Å². The molecule has 112 valence electrons. The van der Waals surface area contributed by atoms with Crippen molar-refractivity contribution in [3.63, 3.8) is 0 Å². The number of rotatable bonds is 3. The number of para-hydroxylation sites is 1. The van der Waals surface area contributed by atoms with Crippen molar-refractivity contribution in [3.8, 4) is 5.75 Å². The molecule has 0 aliphatic heterocycles. The molecule has 1 aromatic rings. The number of carboxylic acid groups (broad SMARTS) is 1. The third-order valence-corrected chi connectivity index (χ3v) is 2.10. The molecule has 0 radical (unpaired) electrons. The van der Waals surface area contributed by atoms with Crippen LogP contribution in [0.3, 0.4) is 0 Å². The fourth-order valence-corrected chi connectivity index (χ4v) is 1.36. The highest BCUT2D eigenvalue weighted by molar-refractivity contribution is 5.75. The number of aliphatic hydroxyl groups excluding tert-OH is 1. The molecular weight excluding hydrogens is 298 g/mol. The molecule has 1 rings (SSSR count). The number of carboxylic acids is 1. The largest absolute Gasteiger partial charge is 0.573 e. The van der Waals surface area contributed by atoms with Crippen LogP contribution in [0.15, 0.2) is 18.2 Å². The number of carbonyl (C=O) groups is 1. The van der Waals surface area contributed by atoms with Crippen LogP contribution in [0.4, 0.5) is 26.3 Å². The summed E-state index contributed by atoms with van der Waals surface area (Å²) in [6, 6.07) is 1.53. The highest BCUT2D eigenvalue weighted by Crippen LogP contribution is 2.42. The lowest BCUT2D eigenvalue weighted by Crippen LogP contribution is -2.23. The molecule has 4 nitrogen and oxygen atoms in total. The monoisotopic (exact) mass is 304 g/mol. The van der Waals surface area contributed by atoms with Gasteiger partial charge in [-0.15, -0.1) is 13.2 Å². The highest BCUT2D eigenvalue weighted by Gasteiger charge is 2.41. The molecule has 20 heavy (non-hydrogen) atoms. The fourth-order valence-electron chi connectivity index (χ4n) is 1.36. The molecule has 1 aromatic carbocycles. The first-order valence-corrected chi connectivity index (χ1v) is 4.80. The van der Waals surface area contributed by atoms with E-state index in [4.69, 9.17) is 10.2 Å². The molecule has 0 aliphatic rings. The molecule has 1 atom stereocenters. The minimum Gasteiger partial charge on any atom is -0.479 e. The number of hydrogen-bond donors (Lipinski definition) is 2. The first kappa shape index (κ1) is 16.1. The molecule has 0 saturated carbocycles. The Morgan fingerprint density at radius 1 is 1.15 bits per heavy atom. The van der Waals surface area contributed by atoms with Crippen LogP contribution in [-0.2, 0) is 11.0 Å². The van der Waals surface area contributed by atoms with Crippen LogP contribution in [-0.4, -0.2) is 22.5 Å². The number of halogens is 6. The Kier molecular flexibility index (Phi) is 4.18. The summed E-state index contributed by atoms with van der Waals surface area (Å²) >= 11 is 0. The molecule has 0 heterocycles. The Hall–Kier alpha value is -1.97. The predicted molar refractivity (Wildman–Crippen MR) is 50.7 cm³/mol. The van der Waals surface area contributed by atoms with Crippen molar-refractivity contribution < 1.29 is 46.1 Å². The summed E-state index contributed by atoms with van der Waals surface area (Å²) in [5, 5.41) is 17.6. The van der Waals surface area contributed by atoms with Gasteiger partial charge in [-0.05, 0) is 6.07 Å². The zero-order valence-electron chi connectivity index (χ0n) is 9.29. The first-order valence-electron chi connectivity index (χ1n) is 4.80. The Morgan fingerprint density at radius 3 is 2.10 bits per heavy atom. The zero-order chi connectivity index (χ0) is 15.7. The lowest BCUT2D eigenvalue weighted by molar-refractivity contribution is -0.276. The maximum absolute atomic E-state index is 12.6. The summed E-state index contributed by atoms with van der Waals surface area (Å²) in [6.45, 7) is 0. The SMILES string of the molecule is O=C(O)C(O)c1cccc(C(F)(F)F)c1OC(F)(F)F. The smallest absolute Gasteiger partial charge is 0.479 e. The number of aliphatic carboxylic acids is 1. The van der Waals surface area contributed by atoms with Crippen LogP contribution in [0.1, 0.15) is 17.2 Å². The topological polar surface area (TPSA) is 66.8 Å². The number of benzene rings is 1. The van der Waals surface area contributed by atoms with E-state index in [2.05, 4.69) is 4.74 Å². The molecular formula is C10H6F6O4. The minimum atomic E-state index is -5.48. The van der Waals surface area contributed by atoms with E-state index in [0.717, 1.165) is 0 Å². The van der Waals surface area contributed by atoms with Crippen molar-refractivity contribution in [3.05, 3.63) is 29.3 Å². The van der Waals surface area contributed by atoms with Crippen LogP contribution >= 0.6 is 0 Å². The van der Waals surface area contributed by atoms with Gasteiger partial charge in [-0.3, -0.25) is 0 Å². The third kappa shape index (κ3) is 3.76. The summed E-state index contributed by atoms with van der Waals surface area (Å²) in [4.78, 5) is 10.5. The van der Waals surface area contributed by atoms with Crippen molar-refractivity contribution in [1.29, 1.82) is 0 Å². The quantitative estimate of drug-likeness (QED) is 0.843. The first-order chi connectivity index (χ1) is 8.93. The van der Waals surface area contributed by atoms with Crippen molar-refractivity contribution in [2.75, 3.05) is 0 Å². The van der Waals surface area contributed by atoms with Crippen molar-refractivity contribution in [1.82, 2.24) is 0 Å². The van der Waals surface area contributed by atoms with Gasteiger partial charge in [0.1, 0.15) is 5.75 Å². The molecule has 0 aliphatic carbocycles. The van der Waals surface area contributed by atoms with Gasteiger partial charge in [0, 0.05) is 5.56 Å².